The maximum absolute atomic E-state index is 13.8. The number of aromatic hydroxyl groups is 1. The molecule has 0 aliphatic rings. The number of benzene rings is 3. The van der Waals surface area contributed by atoms with Crippen molar-refractivity contribution in [3.8, 4) is 5.75 Å². The van der Waals surface area contributed by atoms with Crippen molar-refractivity contribution in [3.05, 3.63) is 101 Å². The topological polar surface area (TPSA) is 105 Å². The molecule has 7 nitrogen and oxygen atoms in total. The van der Waals surface area contributed by atoms with Gasteiger partial charge in [-0.3, -0.25) is 9.59 Å². The minimum absolute atomic E-state index is 0.118. The average Bonchev–Trinajstić information content (AvgIpc) is 2.88. The smallest absolute Gasteiger partial charge is 0.408 e. The van der Waals surface area contributed by atoms with Gasteiger partial charge in [0.1, 0.15) is 17.4 Å². The van der Waals surface area contributed by atoms with Gasteiger partial charge in [0, 0.05) is 6.42 Å². The van der Waals surface area contributed by atoms with Crippen LogP contribution in [-0.2, 0) is 33.6 Å². The molecule has 0 aliphatic heterocycles. The van der Waals surface area contributed by atoms with E-state index in [1.54, 1.807) is 45.0 Å². The van der Waals surface area contributed by atoms with Crippen molar-refractivity contribution in [2.75, 3.05) is 0 Å². The number of nitrogens with one attached hydrogen (secondary N) is 2. The largest absolute Gasteiger partial charge is 0.508 e. The molecule has 0 saturated heterocycles. The molecule has 0 spiro atoms. The molecule has 0 radical (unpaired) electrons. The Labute approximate surface area is 237 Å². The fourth-order valence-electron chi connectivity index (χ4n) is 4.37. The second-order valence-electron chi connectivity index (χ2n) is 11.4. The Hall–Kier alpha value is -4.13. The zero-order valence-corrected chi connectivity index (χ0v) is 23.9. The first-order valence-electron chi connectivity index (χ1n) is 13.6. The Morgan fingerprint density at radius 2 is 1.40 bits per heavy atom. The molecular formula is C33H40N2O5. The minimum atomic E-state index is -0.893. The summed E-state index contributed by atoms with van der Waals surface area (Å²) in [7, 11) is 0. The summed E-state index contributed by atoms with van der Waals surface area (Å²) in [6.07, 6.45) is 0.368. The van der Waals surface area contributed by atoms with Gasteiger partial charge in [0.05, 0.1) is 6.04 Å². The lowest BCUT2D eigenvalue weighted by Crippen LogP contribution is -2.55. The molecular weight excluding hydrogens is 504 g/mol. The molecule has 3 rings (SSSR count). The lowest BCUT2D eigenvalue weighted by Gasteiger charge is -2.27. The van der Waals surface area contributed by atoms with Crippen LogP contribution in [-0.4, -0.2) is 40.6 Å². The molecule has 0 unspecified atom stereocenters. The number of ether oxygens (including phenoxy) is 1. The van der Waals surface area contributed by atoms with Gasteiger partial charge in [-0.15, -0.1) is 0 Å². The van der Waals surface area contributed by atoms with E-state index in [-0.39, 0.29) is 30.3 Å². The summed E-state index contributed by atoms with van der Waals surface area (Å²) in [6, 6.07) is 22.7. The molecule has 3 N–H and O–H groups in total. The van der Waals surface area contributed by atoms with Crippen molar-refractivity contribution >= 4 is 17.8 Å². The van der Waals surface area contributed by atoms with Crippen LogP contribution in [0.15, 0.2) is 78.9 Å². The summed E-state index contributed by atoms with van der Waals surface area (Å²) in [6.45, 7) is 8.88. The van der Waals surface area contributed by atoms with Crippen molar-refractivity contribution < 1.29 is 24.2 Å². The summed E-state index contributed by atoms with van der Waals surface area (Å²) in [5.74, 6) is -0.743. The molecule has 0 fully saturated rings. The Bertz CT molecular complexity index is 1280. The highest BCUT2D eigenvalue weighted by atomic mass is 16.6. The quantitative estimate of drug-likeness (QED) is 0.301. The minimum Gasteiger partial charge on any atom is -0.508 e. The number of Topliss-reactive ketones (excluding diaryl/α,β-unsaturated/α-hetero) is 1. The molecule has 2 amide bonds. The molecule has 3 aromatic rings. The zero-order chi connectivity index (χ0) is 29.3. The van der Waals surface area contributed by atoms with E-state index in [1.807, 2.05) is 56.3 Å². The van der Waals surface area contributed by atoms with Gasteiger partial charge in [0.2, 0.25) is 5.91 Å². The van der Waals surface area contributed by atoms with Crippen LogP contribution in [0.4, 0.5) is 4.79 Å². The van der Waals surface area contributed by atoms with Crippen molar-refractivity contribution in [2.24, 2.45) is 5.92 Å². The predicted octanol–water partition coefficient (Wildman–Crippen LogP) is 5.37. The Kier molecular flexibility index (Phi) is 10.5. The van der Waals surface area contributed by atoms with Crippen LogP contribution in [0.1, 0.15) is 56.9 Å². The van der Waals surface area contributed by atoms with E-state index in [0.717, 1.165) is 22.3 Å². The van der Waals surface area contributed by atoms with Crippen LogP contribution in [0.5, 0.6) is 5.75 Å². The van der Waals surface area contributed by atoms with Crippen LogP contribution in [0.3, 0.4) is 0 Å². The molecule has 0 aromatic heterocycles. The maximum atomic E-state index is 13.8. The van der Waals surface area contributed by atoms with Crippen LogP contribution >= 0.6 is 0 Å². The maximum Gasteiger partial charge on any atom is 0.408 e. The molecule has 2 atom stereocenters. The number of phenols is 1. The van der Waals surface area contributed by atoms with Crippen molar-refractivity contribution in [2.45, 2.75) is 71.6 Å². The molecule has 40 heavy (non-hydrogen) atoms. The number of hydrogen-bond donors (Lipinski definition) is 3. The first-order valence-corrected chi connectivity index (χ1v) is 13.6. The van der Waals surface area contributed by atoms with Gasteiger partial charge < -0.3 is 20.5 Å². The number of carbonyl (C=O) groups is 3. The van der Waals surface area contributed by atoms with Gasteiger partial charge in [-0.05, 0) is 73.9 Å². The van der Waals surface area contributed by atoms with Gasteiger partial charge in [-0.2, -0.15) is 0 Å². The van der Waals surface area contributed by atoms with E-state index < -0.39 is 29.7 Å². The highest BCUT2D eigenvalue weighted by molar-refractivity contribution is 5.93. The third-order valence-electron chi connectivity index (χ3n) is 6.42. The van der Waals surface area contributed by atoms with Gasteiger partial charge in [-0.1, -0.05) is 80.6 Å². The van der Waals surface area contributed by atoms with E-state index in [4.69, 9.17) is 4.74 Å². The third-order valence-corrected chi connectivity index (χ3v) is 6.42. The highest BCUT2D eigenvalue weighted by Gasteiger charge is 2.30. The Morgan fingerprint density at radius 1 is 0.800 bits per heavy atom. The number of alkyl carbamates (subject to hydrolysis) is 1. The number of amides is 2. The van der Waals surface area contributed by atoms with Gasteiger partial charge >= 0.3 is 6.09 Å². The fourth-order valence-corrected chi connectivity index (χ4v) is 4.37. The Balaban J connectivity index is 1.82. The average molecular weight is 545 g/mol. The summed E-state index contributed by atoms with van der Waals surface area (Å²) < 4.78 is 5.35. The SMILES string of the molecule is CC(C)[C@H](NC(=O)OC(C)(C)C)C(=O)N[C@@H](Cc1ccc(O)cc1)C(=O)Cc1ccccc1Cc1ccccc1. The van der Waals surface area contributed by atoms with E-state index in [9.17, 15) is 19.5 Å². The molecule has 212 valence electrons. The lowest BCUT2D eigenvalue weighted by molar-refractivity contribution is -0.129. The molecule has 0 aliphatic carbocycles. The van der Waals surface area contributed by atoms with Gasteiger partial charge in [0.25, 0.3) is 0 Å². The number of carbonyl (C=O) groups excluding carboxylic acids is 3. The van der Waals surface area contributed by atoms with Crippen LogP contribution < -0.4 is 10.6 Å². The second kappa shape index (κ2) is 13.8. The second-order valence-corrected chi connectivity index (χ2v) is 11.4. The predicted molar refractivity (Wildman–Crippen MR) is 156 cm³/mol. The summed E-state index contributed by atoms with van der Waals surface area (Å²) >= 11 is 0. The normalized spacial score (nSPS) is 12.8. The number of rotatable bonds is 11. The first kappa shape index (κ1) is 30.4. The van der Waals surface area contributed by atoms with E-state index in [2.05, 4.69) is 22.8 Å². The van der Waals surface area contributed by atoms with Crippen molar-refractivity contribution in [1.82, 2.24) is 10.6 Å². The van der Waals surface area contributed by atoms with Crippen LogP contribution in [0, 0.1) is 5.92 Å². The number of hydrogen-bond acceptors (Lipinski definition) is 5. The van der Waals surface area contributed by atoms with Crippen LogP contribution in [0.25, 0.3) is 0 Å². The molecule has 0 heterocycles. The molecule has 7 heteroatoms. The van der Waals surface area contributed by atoms with Crippen molar-refractivity contribution in [1.29, 1.82) is 0 Å². The lowest BCUT2D eigenvalue weighted by atomic mass is 9.92. The molecule has 0 bridgehead atoms. The molecule has 3 aromatic carbocycles. The Morgan fingerprint density at radius 3 is 2.00 bits per heavy atom. The summed E-state index contributed by atoms with van der Waals surface area (Å²) in [5.41, 5.74) is 3.16. The fraction of sp³-hybridized carbons (Fsp3) is 0.364. The summed E-state index contributed by atoms with van der Waals surface area (Å²) in [5, 5.41) is 15.3. The standard InChI is InChI=1S/C33H40N2O5/c1-22(2)30(35-32(39)40-33(3,4)5)31(38)34-28(20-24-15-17-27(36)18-16-24)29(37)21-26-14-10-9-13-25(26)19-23-11-7-6-8-12-23/h6-18,22,28,30,36H,19-21H2,1-5H3,(H,34,38)(H,35,39)/t28-,30-/m0/s1. The number of phenolic OH excluding ortho intramolecular Hbond substituents is 1. The van der Waals surface area contributed by atoms with E-state index in [0.29, 0.717) is 6.42 Å². The monoisotopic (exact) mass is 544 g/mol. The first-order chi connectivity index (χ1) is 18.9. The van der Waals surface area contributed by atoms with Gasteiger partial charge in [0.15, 0.2) is 5.78 Å². The van der Waals surface area contributed by atoms with Gasteiger partial charge in [-0.25, -0.2) is 4.79 Å². The molecule has 0 saturated carbocycles. The highest BCUT2D eigenvalue weighted by Crippen LogP contribution is 2.18. The zero-order valence-electron chi connectivity index (χ0n) is 23.9. The van der Waals surface area contributed by atoms with Crippen molar-refractivity contribution in [3.63, 3.8) is 0 Å². The van der Waals surface area contributed by atoms with E-state index >= 15 is 0 Å². The van der Waals surface area contributed by atoms with Crippen LogP contribution in [0.2, 0.25) is 0 Å². The van der Waals surface area contributed by atoms with E-state index in [1.165, 1.54) is 0 Å². The third kappa shape index (κ3) is 9.56. The summed E-state index contributed by atoms with van der Waals surface area (Å²) in [4.78, 5) is 39.6. The number of ketones is 1.